The number of nitrogens with one attached hydrogen (secondary N) is 1. The van der Waals surface area contributed by atoms with Crippen LogP contribution in [0.5, 0.6) is 0 Å². The first-order valence-corrected chi connectivity index (χ1v) is 7.88. The van der Waals surface area contributed by atoms with E-state index in [0.717, 1.165) is 25.1 Å². The maximum atomic E-state index is 4.49. The van der Waals surface area contributed by atoms with E-state index in [0.29, 0.717) is 6.04 Å². The molecule has 1 aromatic carbocycles. The van der Waals surface area contributed by atoms with E-state index in [1.54, 1.807) is 0 Å². The van der Waals surface area contributed by atoms with E-state index < -0.39 is 0 Å². The molecule has 0 saturated heterocycles. The summed E-state index contributed by atoms with van der Waals surface area (Å²) in [5, 5.41) is 8.17. The molecule has 1 heterocycles. The number of benzene rings is 1. The van der Waals surface area contributed by atoms with Gasteiger partial charge in [-0.3, -0.25) is 4.68 Å². The van der Waals surface area contributed by atoms with Gasteiger partial charge in [0.25, 0.3) is 0 Å². The average molecular weight is 285 g/mol. The minimum Gasteiger partial charge on any atom is -0.306 e. The predicted octanol–water partition coefficient (Wildman–Crippen LogP) is 3.84. The third-order valence-corrected chi connectivity index (χ3v) is 4.38. The normalized spacial score (nSPS) is 12.6. The number of hydrogen-bond donors (Lipinski definition) is 1. The van der Waals surface area contributed by atoms with Crippen LogP contribution in [-0.2, 0) is 20.0 Å². The van der Waals surface area contributed by atoms with Crippen molar-refractivity contribution in [2.75, 3.05) is 0 Å². The Kier molecular flexibility index (Phi) is 5.18. The van der Waals surface area contributed by atoms with Crippen LogP contribution in [0.15, 0.2) is 24.3 Å². The summed E-state index contributed by atoms with van der Waals surface area (Å²) in [6, 6.07) is 9.38. The minimum atomic E-state index is 0.398. The Morgan fingerprint density at radius 2 is 1.81 bits per heavy atom. The van der Waals surface area contributed by atoms with Crippen molar-refractivity contribution in [2.24, 2.45) is 7.05 Å². The molecule has 0 aliphatic rings. The lowest BCUT2D eigenvalue weighted by molar-refractivity contribution is 0.517. The molecule has 3 nitrogen and oxygen atoms in total. The fourth-order valence-electron chi connectivity index (χ4n) is 2.78. The fraction of sp³-hybridized carbons (Fsp3) is 0.500. The van der Waals surface area contributed by atoms with Gasteiger partial charge in [-0.05, 0) is 37.8 Å². The van der Waals surface area contributed by atoms with Crippen LogP contribution >= 0.6 is 0 Å². The van der Waals surface area contributed by atoms with Crippen LogP contribution in [0.25, 0.3) is 0 Å². The molecule has 1 unspecified atom stereocenters. The molecule has 21 heavy (non-hydrogen) atoms. The van der Waals surface area contributed by atoms with Gasteiger partial charge in [0.1, 0.15) is 0 Å². The van der Waals surface area contributed by atoms with Crippen LogP contribution < -0.4 is 5.32 Å². The van der Waals surface area contributed by atoms with Gasteiger partial charge in [-0.25, -0.2) is 0 Å². The molecule has 114 valence electrons. The Morgan fingerprint density at radius 3 is 2.29 bits per heavy atom. The number of aryl methyl sites for hydroxylation is 3. The van der Waals surface area contributed by atoms with Crippen molar-refractivity contribution in [3.05, 3.63) is 52.3 Å². The highest BCUT2D eigenvalue weighted by molar-refractivity contribution is 5.27. The minimum absolute atomic E-state index is 0.398. The largest absolute Gasteiger partial charge is 0.306 e. The van der Waals surface area contributed by atoms with Crippen molar-refractivity contribution < 1.29 is 0 Å². The number of aromatic nitrogens is 2. The number of nitrogens with zero attached hydrogens (tertiary/aromatic N) is 2. The van der Waals surface area contributed by atoms with Crippen LogP contribution in [0.4, 0.5) is 0 Å². The monoisotopic (exact) mass is 285 g/mol. The lowest BCUT2D eigenvalue weighted by Crippen LogP contribution is -2.21. The van der Waals surface area contributed by atoms with Crippen LogP contribution in [0.2, 0.25) is 0 Å². The zero-order valence-corrected chi connectivity index (χ0v) is 13.9. The molecule has 0 bridgehead atoms. The molecule has 2 aromatic rings. The van der Waals surface area contributed by atoms with Crippen molar-refractivity contribution in [1.29, 1.82) is 0 Å². The van der Waals surface area contributed by atoms with Gasteiger partial charge in [0.05, 0.1) is 5.69 Å². The first-order valence-electron chi connectivity index (χ1n) is 7.88. The van der Waals surface area contributed by atoms with E-state index in [9.17, 15) is 0 Å². The van der Waals surface area contributed by atoms with Gasteiger partial charge in [0.2, 0.25) is 0 Å². The molecule has 0 amide bonds. The van der Waals surface area contributed by atoms with Crippen molar-refractivity contribution in [3.63, 3.8) is 0 Å². The van der Waals surface area contributed by atoms with Gasteiger partial charge in [-0.15, -0.1) is 0 Å². The zero-order chi connectivity index (χ0) is 15.4. The molecular formula is C18H27N3. The van der Waals surface area contributed by atoms with Gasteiger partial charge < -0.3 is 5.32 Å². The van der Waals surface area contributed by atoms with E-state index in [1.807, 2.05) is 11.7 Å². The average Bonchev–Trinajstić information content (AvgIpc) is 2.74. The van der Waals surface area contributed by atoms with E-state index in [2.05, 4.69) is 62.4 Å². The summed E-state index contributed by atoms with van der Waals surface area (Å²) in [4.78, 5) is 0. The van der Waals surface area contributed by atoms with Crippen molar-refractivity contribution in [3.8, 4) is 0 Å². The van der Waals surface area contributed by atoms with E-state index in [1.165, 1.54) is 22.4 Å². The molecule has 0 spiro atoms. The highest BCUT2D eigenvalue weighted by Crippen LogP contribution is 2.19. The molecule has 1 atom stereocenters. The molecule has 1 aromatic heterocycles. The molecule has 3 heteroatoms. The summed E-state index contributed by atoms with van der Waals surface area (Å²) < 4.78 is 1.96. The molecule has 0 fully saturated rings. The quantitative estimate of drug-likeness (QED) is 0.874. The van der Waals surface area contributed by atoms with Crippen molar-refractivity contribution >= 4 is 0 Å². The first-order chi connectivity index (χ1) is 10.1. The Bertz CT molecular complexity index is 581. The molecule has 0 aliphatic heterocycles. The molecule has 1 N–H and O–H groups in total. The smallest absolute Gasteiger partial charge is 0.0641 e. The Labute approximate surface area is 128 Å². The second kappa shape index (κ2) is 6.90. The molecule has 0 saturated carbocycles. The van der Waals surface area contributed by atoms with E-state index in [4.69, 9.17) is 0 Å². The van der Waals surface area contributed by atoms with Gasteiger partial charge in [0, 0.05) is 30.9 Å². The van der Waals surface area contributed by atoms with Gasteiger partial charge in [-0.2, -0.15) is 5.10 Å². The summed E-state index contributed by atoms with van der Waals surface area (Å²) in [5.74, 6) is 0. The maximum absolute atomic E-state index is 4.49. The summed E-state index contributed by atoms with van der Waals surface area (Å²) in [6.45, 7) is 9.52. The van der Waals surface area contributed by atoms with Crippen LogP contribution in [-0.4, -0.2) is 9.78 Å². The van der Waals surface area contributed by atoms with Gasteiger partial charge in [0.15, 0.2) is 0 Å². The molecule has 0 radical (unpaired) electrons. The summed E-state index contributed by atoms with van der Waals surface area (Å²) in [5.41, 5.74) is 6.46. The standard InChI is InChI=1S/C18H27N3/c1-6-15-8-10-16(11-9-15)18(7-2)19-12-17-13(3)20-21(5)14(17)4/h8-11,18-19H,6-7,12H2,1-5H3. The second-order valence-electron chi connectivity index (χ2n) is 5.71. The van der Waals surface area contributed by atoms with Crippen molar-refractivity contribution in [1.82, 2.24) is 15.1 Å². The molecular weight excluding hydrogens is 258 g/mol. The zero-order valence-electron chi connectivity index (χ0n) is 13.9. The lowest BCUT2D eigenvalue weighted by Gasteiger charge is -2.18. The Morgan fingerprint density at radius 1 is 1.14 bits per heavy atom. The summed E-state index contributed by atoms with van der Waals surface area (Å²) in [7, 11) is 2.01. The first kappa shape index (κ1) is 15.8. The van der Waals surface area contributed by atoms with Crippen molar-refractivity contribution in [2.45, 2.75) is 53.1 Å². The maximum Gasteiger partial charge on any atom is 0.0641 e. The third-order valence-electron chi connectivity index (χ3n) is 4.38. The predicted molar refractivity (Wildman–Crippen MR) is 88.4 cm³/mol. The van der Waals surface area contributed by atoms with Crippen LogP contribution in [0, 0.1) is 13.8 Å². The topological polar surface area (TPSA) is 29.9 Å². The number of rotatable bonds is 6. The SMILES string of the molecule is CCc1ccc(C(CC)NCc2c(C)nn(C)c2C)cc1. The van der Waals surface area contributed by atoms with E-state index in [-0.39, 0.29) is 0 Å². The highest BCUT2D eigenvalue weighted by Gasteiger charge is 2.13. The molecule has 0 aliphatic carbocycles. The molecule has 2 rings (SSSR count). The van der Waals surface area contributed by atoms with E-state index >= 15 is 0 Å². The third kappa shape index (κ3) is 3.53. The lowest BCUT2D eigenvalue weighted by atomic mass is 10.0. The fourth-order valence-corrected chi connectivity index (χ4v) is 2.78. The van der Waals surface area contributed by atoms with Crippen LogP contribution in [0.3, 0.4) is 0 Å². The van der Waals surface area contributed by atoms with Gasteiger partial charge in [-0.1, -0.05) is 38.1 Å². The second-order valence-corrected chi connectivity index (χ2v) is 5.71. The summed E-state index contributed by atoms with van der Waals surface area (Å²) in [6.07, 6.45) is 2.18. The van der Waals surface area contributed by atoms with Gasteiger partial charge >= 0.3 is 0 Å². The Hall–Kier alpha value is -1.61. The highest BCUT2D eigenvalue weighted by atomic mass is 15.3. The number of hydrogen-bond acceptors (Lipinski definition) is 2. The summed E-state index contributed by atoms with van der Waals surface area (Å²) >= 11 is 0. The van der Waals surface area contributed by atoms with Crippen LogP contribution in [0.1, 0.15) is 54.4 Å². The Balaban J connectivity index is 2.08.